The van der Waals surface area contributed by atoms with Gasteiger partial charge in [0.15, 0.2) is 17.6 Å². The Kier molecular flexibility index (Phi) is 3.05. The van der Waals surface area contributed by atoms with Crippen LogP contribution in [0.2, 0.25) is 0 Å². The minimum absolute atomic E-state index is 0.203. The van der Waals surface area contributed by atoms with Gasteiger partial charge in [0.05, 0.1) is 6.20 Å². The monoisotopic (exact) mass is 261 g/mol. The first-order chi connectivity index (χ1) is 9.24. The Bertz CT molecular complexity index is 590. The van der Waals surface area contributed by atoms with Gasteiger partial charge in [-0.15, -0.1) is 0 Å². The maximum Gasteiger partial charge on any atom is 0.163 e. The highest BCUT2D eigenvalue weighted by atomic mass is 19.1. The molecule has 2 aromatic rings. The molecule has 0 radical (unpaired) electrons. The first kappa shape index (κ1) is 11.9. The Morgan fingerprint density at radius 3 is 2.84 bits per heavy atom. The molecule has 19 heavy (non-hydrogen) atoms. The molecule has 0 amide bonds. The number of hydrogen-bond acceptors (Lipinski definition) is 4. The number of aliphatic hydroxyl groups excluding tert-OH is 1. The number of fused-ring (bicyclic) bond motifs is 1. The van der Waals surface area contributed by atoms with Crippen molar-refractivity contribution in [2.24, 2.45) is 0 Å². The smallest absolute Gasteiger partial charge is 0.163 e. The van der Waals surface area contributed by atoms with Crippen LogP contribution in [0.5, 0.6) is 11.5 Å². The molecular formula is C14H12FNO3. The zero-order chi connectivity index (χ0) is 13.2. The molecule has 0 aliphatic carbocycles. The van der Waals surface area contributed by atoms with Gasteiger partial charge in [-0.2, -0.15) is 0 Å². The third-order valence-electron chi connectivity index (χ3n) is 2.95. The van der Waals surface area contributed by atoms with Crippen molar-refractivity contribution in [2.75, 3.05) is 6.61 Å². The number of ether oxygens (including phenoxy) is 2. The molecule has 2 unspecified atom stereocenters. The van der Waals surface area contributed by atoms with Crippen molar-refractivity contribution in [3.05, 3.63) is 54.1 Å². The molecule has 0 saturated carbocycles. The number of nitrogens with zero attached hydrogens (tertiary/aromatic N) is 1. The van der Waals surface area contributed by atoms with Crippen molar-refractivity contribution in [3.8, 4) is 11.5 Å². The predicted octanol–water partition coefficient (Wildman–Crippen LogP) is 2.09. The molecule has 0 fully saturated rings. The van der Waals surface area contributed by atoms with Crippen LogP contribution in [-0.4, -0.2) is 22.8 Å². The molecule has 1 aromatic heterocycles. The number of rotatable bonds is 2. The summed E-state index contributed by atoms with van der Waals surface area (Å²) in [4.78, 5) is 3.71. The number of benzene rings is 1. The summed E-state index contributed by atoms with van der Waals surface area (Å²) in [6.07, 6.45) is 0.927. The quantitative estimate of drug-likeness (QED) is 0.899. The fourth-order valence-electron chi connectivity index (χ4n) is 2.00. The summed E-state index contributed by atoms with van der Waals surface area (Å²) in [6, 6.07) is 8.46. The van der Waals surface area contributed by atoms with E-state index in [1.165, 1.54) is 12.3 Å². The summed E-state index contributed by atoms with van der Waals surface area (Å²) in [5.74, 6) is 0.721. The Morgan fingerprint density at radius 1 is 1.26 bits per heavy atom. The van der Waals surface area contributed by atoms with Crippen LogP contribution in [0.1, 0.15) is 11.7 Å². The van der Waals surface area contributed by atoms with Crippen molar-refractivity contribution < 1.29 is 19.0 Å². The molecule has 0 spiro atoms. The molecule has 1 aliphatic rings. The Hall–Kier alpha value is -2.14. The molecule has 1 aromatic carbocycles. The Balaban J connectivity index is 1.81. The third kappa shape index (κ3) is 2.37. The minimum Gasteiger partial charge on any atom is -0.486 e. The second kappa shape index (κ2) is 4.85. The van der Waals surface area contributed by atoms with E-state index in [1.807, 2.05) is 12.1 Å². The van der Waals surface area contributed by atoms with Gasteiger partial charge in [0.2, 0.25) is 0 Å². The van der Waals surface area contributed by atoms with Crippen molar-refractivity contribution in [3.63, 3.8) is 0 Å². The zero-order valence-electron chi connectivity index (χ0n) is 9.99. The predicted molar refractivity (Wildman–Crippen MR) is 65.5 cm³/mol. The summed E-state index contributed by atoms with van der Waals surface area (Å²) < 4.78 is 24.3. The highest BCUT2D eigenvalue weighted by Crippen LogP contribution is 2.34. The lowest BCUT2D eigenvalue weighted by molar-refractivity contribution is -0.0115. The number of aliphatic hydroxyl groups is 1. The SMILES string of the molecule is OC(c1cncc(F)c1)C1COc2ccccc2O1. The van der Waals surface area contributed by atoms with Crippen LogP contribution in [-0.2, 0) is 0 Å². The van der Waals surface area contributed by atoms with Crippen LogP contribution in [0, 0.1) is 5.82 Å². The highest BCUT2D eigenvalue weighted by molar-refractivity contribution is 5.41. The van der Waals surface area contributed by atoms with Gasteiger partial charge in [-0.1, -0.05) is 12.1 Å². The second-order valence-corrected chi connectivity index (χ2v) is 4.30. The molecule has 2 atom stereocenters. The molecular weight excluding hydrogens is 249 g/mol. The lowest BCUT2D eigenvalue weighted by Gasteiger charge is -2.29. The molecule has 98 valence electrons. The van der Waals surface area contributed by atoms with E-state index in [9.17, 15) is 9.50 Å². The Labute approximate surface area is 109 Å². The summed E-state index contributed by atoms with van der Waals surface area (Å²) in [5.41, 5.74) is 0.369. The van der Waals surface area contributed by atoms with Gasteiger partial charge in [-0.05, 0) is 18.2 Å². The van der Waals surface area contributed by atoms with E-state index in [-0.39, 0.29) is 6.61 Å². The number of para-hydroxylation sites is 2. The molecule has 0 bridgehead atoms. The fraction of sp³-hybridized carbons (Fsp3) is 0.214. The fourth-order valence-corrected chi connectivity index (χ4v) is 2.00. The van der Waals surface area contributed by atoms with Gasteiger partial charge in [0.1, 0.15) is 18.5 Å². The van der Waals surface area contributed by atoms with E-state index in [4.69, 9.17) is 9.47 Å². The van der Waals surface area contributed by atoms with Crippen LogP contribution in [0.15, 0.2) is 42.7 Å². The maximum absolute atomic E-state index is 13.1. The molecule has 0 saturated heterocycles. The van der Waals surface area contributed by atoms with E-state index in [0.29, 0.717) is 17.1 Å². The first-order valence-electron chi connectivity index (χ1n) is 5.91. The van der Waals surface area contributed by atoms with Crippen LogP contribution in [0.4, 0.5) is 4.39 Å². The first-order valence-corrected chi connectivity index (χ1v) is 5.91. The molecule has 1 aliphatic heterocycles. The summed E-state index contributed by atoms with van der Waals surface area (Å²) in [5, 5.41) is 10.2. The lowest BCUT2D eigenvalue weighted by atomic mass is 10.1. The van der Waals surface area contributed by atoms with Crippen LogP contribution < -0.4 is 9.47 Å². The largest absolute Gasteiger partial charge is 0.486 e. The number of aromatic nitrogens is 1. The van der Waals surface area contributed by atoms with E-state index < -0.39 is 18.0 Å². The summed E-state index contributed by atoms with van der Waals surface area (Å²) in [6.45, 7) is 0.203. The van der Waals surface area contributed by atoms with E-state index in [2.05, 4.69) is 4.98 Å². The minimum atomic E-state index is -0.989. The van der Waals surface area contributed by atoms with E-state index in [1.54, 1.807) is 12.1 Å². The zero-order valence-corrected chi connectivity index (χ0v) is 9.99. The number of hydrogen-bond donors (Lipinski definition) is 1. The summed E-state index contributed by atoms with van der Waals surface area (Å²) in [7, 11) is 0. The standard InChI is InChI=1S/C14H12FNO3/c15-10-5-9(6-16-7-10)14(17)13-8-18-11-3-1-2-4-12(11)19-13/h1-7,13-14,17H,8H2. The van der Waals surface area contributed by atoms with Gasteiger partial charge in [-0.25, -0.2) is 4.39 Å². The lowest BCUT2D eigenvalue weighted by Crippen LogP contribution is -2.34. The van der Waals surface area contributed by atoms with Crippen molar-refractivity contribution in [1.29, 1.82) is 0 Å². The number of halogens is 1. The third-order valence-corrected chi connectivity index (χ3v) is 2.95. The van der Waals surface area contributed by atoms with Gasteiger partial charge < -0.3 is 14.6 Å². The summed E-state index contributed by atoms with van der Waals surface area (Å²) >= 11 is 0. The van der Waals surface area contributed by atoms with Crippen molar-refractivity contribution in [2.45, 2.75) is 12.2 Å². The van der Waals surface area contributed by atoms with Crippen LogP contribution in [0.3, 0.4) is 0 Å². The molecule has 2 heterocycles. The van der Waals surface area contributed by atoms with Gasteiger partial charge >= 0.3 is 0 Å². The maximum atomic E-state index is 13.1. The van der Waals surface area contributed by atoms with Crippen molar-refractivity contribution in [1.82, 2.24) is 4.98 Å². The molecule has 1 N–H and O–H groups in total. The van der Waals surface area contributed by atoms with Crippen molar-refractivity contribution >= 4 is 0 Å². The van der Waals surface area contributed by atoms with Gasteiger partial charge in [-0.3, -0.25) is 4.98 Å². The van der Waals surface area contributed by atoms with E-state index >= 15 is 0 Å². The second-order valence-electron chi connectivity index (χ2n) is 4.30. The van der Waals surface area contributed by atoms with Gasteiger partial charge in [0, 0.05) is 11.8 Å². The normalized spacial score (nSPS) is 18.9. The average Bonchev–Trinajstić information content (AvgIpc) is 2.46. The topological polar surface area (TPSA) is 51.6 Å². The molecule has 3 rings (SSSR count). The average molecular weight is 261 g/mol. The van der Waals surface area contributed by atoms with Crippen LogP contribution in [0.25, 0.3) is 0 Å². The Morgan fingerprint density at radius 2 is 2.05 bits per heavy atom. The molecule has 4 nitrogen and oxygen atoms in total. The molecule has 5 heteroatoms. The highest BCUT2D eigenvalue weighted by Gasteiger charge is 2.28. The number of pyridine rings is 1. The van der Waals surface area contributed by atoms with Gasteiger partial charge in [0.25, 0.3) is 0 Å². The van der Waals surface area contributed by atoms with Crippen LogP contribution >= 0.6 is 0 Å². The van der Waals surface area contributed by atoms with E-state index in [0.717, 1.165) is 6.20 Å².